The number of nitrogens with one attached hydrogen (secondary N) is 2. The largest absolute Gasteiger partial charge is 0.359 e. The van der Waals surface area contributed by atoms with Gasteiger partial charge in [-0.1, -0.05) is 15.9 Å². The molecule has 0 fully saturated rings. The van der Waals surface area contributed by atoms with Gasteiger partial charge in [0.1, 0.15) is 0 Å². The van der Waals surface area contributed by atoms with Gasteiger partial charge in [-0.3, -0.25) is 14.4 Å². The predicted molar refractivity (Wildman–Crippen MR) is 92.0 cm³/mol. The summed E-state index contributed by atoms with van der Waals surface area (Å²) in [6.07, 6.45) is 1.25. The molecule has 0 spiro atoms. The van der Waals surface area contributed by atoms with Gasteiger partial charge in [-0.2, -0.15) is 0 Å². The molecule has 0 atom stereocenters. The Morgan fingerprint density at radius 3 is 2.39 bits per heavy atom. The molecule has 2 N–H and O–H groups in total. The number of benzene rings is 1. The van der Waals surface area contributed by atoms with E-state index in [0.29, 0.717) is 24.9 Å². The second-order valence-corrected chi connectivity index (χ2v) is 6.02. The standard InChI is InChI=1S/C16H22BrN3O3/c1-18-14(21)4-3-11-20(2)15(22)9-10-19-16(23)12-5-7-13(17)8-6-12/h5-8H,3-4,9-11H2,1-2H3,(H,18,21)(H,19,23). The molecular formula is C16H22BrN3O3. The molecule has 0 unspecified atom stereocenters. The van der Waals surface area contributed by atoms with Crippen molar-refractivity contribution in [2.75, 3.05) is 27.2 Å². The summed E-state index contributed by atoms with van der Waals surface area (Å²) >= 11 is 3.31. The molecule has 0 aliphatic heterocycles. The minimum absolute atomic E-state index is 0.0346. The highest BCUT2D eigenvalue weighted by molar-refractivity contribution is 9.10. The van der Waals surface area contributed by atoms with Crippen LogP contribution in [0.2, 0.25) is 0 Å². The van der Waals surface area contributed by atoms with Crippen molar-refractivity contribution in [2.24, 2.45) is 0 Å². The Kier molecular flexibility index (Phi) is 8.32. The Morgan fingerprint density at radius 1 is 1.13 bits per heavy atom. The zero-order chi connectivity index (χ0) is 17.2. The molecule has 126 valence electrons. The van der Waals surface area contributed by atoms with Gasteiger partial charge < -0.3 is 15.5 Å². The van der Waals surface area contributed by atoms with E-state index in [1.807, 2.05) is 0 Å². The number of carbonyl (C=O) groups is 3. The molecule has 0 saturated carbocycles. The lowest BCUT2D eigenvalue weighted by Gasteiger charge is -2.17. The van der Waals surface area contributed by atoms with E-state index in [1.54, 1.807) is 43.3 Å². The Hall–Kier alpha value is -1.89. The van der Waals surface area contributed by atoms with Crippen molar-refractivity contribution in [3.05, 3.63) is 34.3 Å². The Bertz CT molecular complexity index is 546. The second-order valence-electron chi connectivity index (χ2n) is 5.10. The molecule has 6 nitrogen and oxygen atoms in total. The fraction of sp³-hybridized carbons (Fsp3) is 0.438. The van der Waals surface area contributed by atoms with Gasteiger partial charge in [0.15, 0.2) is 0 Å². The minimum atomic E-state index is -0.201. The van der Waals surface area contributed by atoms with E-state index in [2.05, 4.69) is 26.6 Å². The van der Waals surface area contributed by atoms with E-state index < -0.39 is 0 Å². The molecule has 0 heterocycles. The van der Waals surface area contributed by atoms with E-state index in [4.69, 9.17) is 0 Å². The van der Waals surface area contributed by atoms with Crippen LogP contribution in [0.1, 0.15) is 29.6 Å². The lowest BCUT2D eigenvalue weighted by molar-refractivity contribution is -0.130. The van der Waals surface area contributed by atoms with Crippen molar-refractivity contribution in [3.8, 4) is 0 Å². The van der Waals surface area contributed by atoms with Gasteiger partial charge in [-0.25, -0.2) is 0 Å². The third-order valence-corrected chi connectivity index (χ3v) is 3.86. The average molecular weight is 384 g/mol. The summed E-state index contributed by atoms with van der Waals surface area (Å²) in [7, 11) is 3.29. The Balaban J connectivity index is 2.26. The molecule has 3 amide bonds. The molecule has 0 radical (unpaired) electrons. The molecule has 1 aromatic rings. The number of nitrogens with zero attached hydrogens (tertiary/aromatic N) is 1. The van der Waals surface area contributed by atoms with Crippen molar-refractivity contribution in [1.82, 2.24) is 15.5 Å². The summed E-state index contributed by atoms with van der Waals surface area (Å²) in [6.45, 7) is 0.806. The smallest absolute Gasteiger partial charge is 0.251 e. The lowest BCUT2D eigenvalue weighted by atomic mass is 10.2. The van der Waals surface area contributed by atoms with E-state index in [0.717, 1.165) is 4.47 Å². The van der Waals surface area contributed by atoms with Crippen LogP contribution in [0.5, 0.6) is 0 Å². The van der Waals surface area contributed by atoms with Gasteiger partial charge in [-0.05, 0) is 30.7 Å². The number of hydrogen-bond acceptors (Lipinski definition) is 3. The van der Waals surface area contributed by atoms with Crippen LogP contribution in [0.15, 0.2) is 28.7 Å². The van der Waals surface area contributed by atoms with E-state index >= 15 is 0 Å². The Labute approximate surface area is 144 Å². The van der Waals surface area contributed by atoms with Crippen molar-refractivity contribution in [3.63, 3.8) is 0 Å². The summed E-state index contributed by atoms with van der Waals surface area (Å²) in [5, 5.41) is 5.26. The number of amides is 3. The van der Waals surface area contributed by atoms with E-state index in [9.17, 15) is 14.4 Å². The number of halogens is 1. The monoisotopic (exact) mass is 383 g/mol. The normalized spacial score (nSPS) is 10.0. The van der Waals surface area contributed by atoms with Crippen LogP contribution in [0, 0.1) is 0 Å². The van der Waals surface area contributed by atoms with Crippen LogP contribution in [0.3, 0.4) is 0 Å². The highest BCUT2D eigenvalue weighted by atomic mass is 79.9. The topological polar surface area (TPSA) is 78.5 Å². The zero-order valence-corrected chi connectivity index (χ0v) is 15.0. The fourth-order valence-electron chi connectivity index (χ4n) is 1.90. The molecule has 0 saturated heterocycles. The summed E-state index contributed by atoms with van der Waals surface area (Å²) in [6, 6.07) is 7.01. The van der Waals surface area contributed by atoms with Gasteiger partial charge >= 0.3 is 0 Å². The van der Waals surface area contributed by atoms with Crippen LogP contribution in [0.4, 0.5) is 0 Å². The first-order valence-corrected chi connectivity index (χ1v) is 8.21. The molecule has 0 aromatic heterocycles. The maximum absolute atomic E-state index is 11.9. The summed E-state index contributed by atoms with van der Waals surface area (Å²) in [5.74, 6) is -0.293. The third kappa shape index (κ3) is 7.27. The molecule has 0 aliphatic carbocycles. The first-order chi connectivity index (χ1) is 10.9. The molecule has 1 aromatic carbocycles. The minimum Gasteiger partial charge on any atom is -0.359 e. The molecule has 7 heteroatoms. The van der Waals surface area contributed by atoms with Crippen LogP contribution in [-0.2, 0) is 9.59 Å². The predicted octanol–water partition coefficient (Wildman–Crippen LogP) is 1.55. The number of carbonyl (C=O) groups excluding carboxylic acids is 3. The van der Waals surface area contributed by atoms with Crippen LogP contribution < -0.4 is 10.6 Å². The lowest BCUT2D eigenvalue weighted by Crippen LogP contribution is -2.33. The van der Waals surface area contributed by atoms with Crippen LogP contribution in [0.25, 0.3) is 0 Å². The maximum atomic E-state index is 11.9. The third-order valence-electron chi connectivity index (χ3n) is 3.33. The van der Waals surface area contributed by atoms with Gasteiger partial charge in [0, 0.05) is 50.1 Å². The quantitative estimate of drug-likeness (QED) is 0.714. The molecule has 0 bridgehead atoms. The zero-order valence-electron chi connectivity index (χ0n) is 13.4. The van der Waals surface area contributed by atoms with Crippen molar-refractivity contribution in [2.45, 2.75) is 19.3 Å². The van der Waals surface area contributed by atoms with Gasteiger partial charge in [0.25, 0.3) is 5.91 Å². The summed E-state index contributed by atoms with van der Waals surface area (Å²) in [4.78, 5) is 36.5. The molecular weight excluding hydrogens is 362 g/mol. The maximum Gasteiger partial charge on any atom is 0.251 e. The molecule has 1 rings (SSSR count). The SMILES string of the molecule is CNC(=O)CCCN(C)C(=O)CCNC(=O)c1ccc(Br)cc1. The summed E-state index contributed by atoms with van der Waals surface area (Å²) < 4.78 is 0.905. The van der Waals surface area contributed by atoms with E-state index in [-0.39, 0.29) is 30.7 Å². The first kappa shape index (κ1) is 19.2. The van der Waals surface area contributed by atoms with Gasteiger partial charge in [0.2, 0.25) is 11.8 Å². The number of hydrogen-bond donors (Lipinski definition) is 2. The first-order valence-electron chi connectivity index (χ1n) is 7.42. The number of rotatable bonds is 8. The van der Waals surface area contributed by atoms with Crippen molar-refractivity contribution < 1.29 is 14.4 Å². The van der Waals surface area contributed by atoms with Crippen molar-refractivity contribution in [1.29, 1.82) is 0 Å². The van der Waals surface area contributed by atoms with Crippen LogP contribution >= 0.6 is 15.9 Å². The summed E-state index contributed by atoms with van der Waals surface area (Å²) in [5.41, 5.74) is 0.555. The van der Waals surface area contributed by atoms with Crippen LogP contribution in [-0.4, -0.2) is 49.8 Å². The highest BCUT2D eigenvalue weighted by Crippen LogP contribution is 2.10. The Morgan fingerprint density at radius 2 is 1.78 bits per heavy atom. The van der Waals surface area contributed by atoms with Crippen molar-refractivity contribution >= 4 is 33.7 Å². The molecule has 0 aliphatic rings. The van der Waals surface area contributed by atoms with E-state index in [1.165, 1.54) is 0 Å². The van der Waals surface area contributed by atoms with Gasteiger partial charge in [-0.15, -0.1) is 0 Å². The van der Waals surface area contributed by atoms with Gasteiger partial charge in [0.05, 0.1) is 0 Å². The molecule has 23 heavy (non-hydrogen) atoms. The highest BCUT2D eigenvalue weighted by Gasteiger charge is 2.10. The fourth-order valence-corrected chi connectivity index (χ4v) is 2.17. The average Bonchev–Trinajstić information content (AvgIpc) is 2.54. The second kappa shape index (κ2) is 9.99.